The second-order valence-corrected chi connectivity index (χ2v) is 18.3. The fourth-order valence-corrected chi connectivity index (χ4v) is 12.4. The molecule has 0 aliphatic heterocycles. The zero-order valence-corrected chi connectivity index (χ0v) is 26.2. The van der Waals surface area contributed by atoms with Gasteiger partial charge in [0.2, 0.25) is 0 Å². The Balaban J connectivity index is 3.41. The third kappa shape index (κ3) is 27.1. The molecule has 0 aromatic rings. The lowest BCUT2D eigenvalue weighted by Gasteiger charge is -2.04. The summed E-state index contributed by atoms with van der Waals surface area (Å²) in [5.41, 5.74) is 0. The highest BCUT2D eigenvalue weighted by Crippen LogP contribution is 2.22. The normalized spacial score (nSPS) is 12.1. The maximum absolute atomic E-state index is 12.0. The molecule has 0 bridgehead atoms. The maximum Gasteiger partial charge on any atom is 0.199 e. The van der Waals surface area contributed by atoms with Crippen LogP contribution in [0.3, 0.4) is 0 Å². The molecule has 0 aliphatic rings. The summed E-state index contributed by atoms with van der Waals surface area (Å²) >= 11 is 13.1. The summed E-state index contributed by atoms with van der Waals surface area (Å²) in [6.45, 7) is 0.0268. The summed E-state index contributed by atoms with van der Waals surface area (Å²) in [6, 6.07) is 0. The van der Waals surface area contributed by atoms with Crippen LogP contribution in [0.1, 0.15) is 0 Å². The van der Waals surface area contributed by atoms with Gasteiger partial charge in [-0.1, -0.05) is 35.3 Å². The molecule has 0 rings (SSSR count). The Kier molecular flexibility index (Phi) is 29.1. The molecule has 0 spiro atoms. The molecule has 0 radical (unpaired) electrons. The van der Waals surface area contributed by atoms with E-state index in [-0.39, 0.29) is 28.6 Å². The van der Waals surface area contributed by atoms with Gasteiger partial charge >= 0.3 is 0 Å². The van der Waals surface area contributed by atoms with E-state index in [9.17, 15) is 18.6 Å². The van der Waals surface area contributed by atoms with Gasteiger partial charge in [0.15, 0.2) is 15.3 Å². The van der Waals surface area contributed by atoms with Crippen molar-refractivity contribution in [2.45, 2.75) is 0 Å². The van der Waals surface area contributed by atoms with Crippen molar-refractivity contribution in [1.82, 2.24) is 0 Å². The highest BCUT2D eigenvalue weighted by Gasteiger charge is 2.07. The van der Waals surface area contributed by atoms with Crippen LogP contribution in [0, 0.1) is 0 Å². The molecule has 0 saturated carbocycles. The summed E-state index contributed by atoms with van der Waals surface area (Å²) < 4.78 is 12.0. The van der Waals surface area contributed by atoms with E-state index in [1.807, 2.05) is 0 Å². The largest absolute Gasteiger partial charge is 0.396 e. The molecule has 0 amide bonds. The van der Waals surface area contributed by atoms with E-state index in [4.69, 9.17) is 10.2 Å². The van der Waals surface area contributed by atoms with Gasteiger partial charge in [0, 0.05) is 54.2 Å². The Labute approximate surface area is 237 Å². The Morgan fingerprint density at radius 2 is 1.06 bits per heavy atom. The minimum Gasteiger partial charge on any atom is -0.396 e. The van der Waals surface area contributed by atoms with Crippen molar-refractivity contribution in [3.05, 3.63) is 0 Å². The van der Waals surface area contributed by atoms with Crippen LogP contribution in [-0.2, 0) is 25.2 Å². The highest BCUT2D eigenvalue weighted by atomic mass is 32.3. The molecule has 0 aromatic carbocycles. The Hall–Kier alpha value is 2.23. The van der Waals surface area contributed by atoms with Crippen molar-refractivity contribution in [3.63, 3.8) is 0 Å². The van der Waals surface area contributed by atoms with E-state index in [1.165, 1.54) is 35.3 Å². The van der Waals surface area contributed by atoms with Crippen LogP contribution in [0.15, 0.2) is 0 Å². The molecular weight excluding hydrogens is 621 g/mol. The summed E-state index contributed by atoms with van der Waals surface area (Å²) in [7, 11) is -0.861. The fraction of sp³-hybridized carbons (Fsp3) is 0.824. The lowest BCUT2D eigenvalue weighted by Crippen LogP contribution is -2.03. The monoisotopic (exact) mass is 650 g/mol. The van der Waals surface area contributed by atoms with Crippen LogP contribution in [0.5, 0.6) is 0 Å². The van der Waals surface area contributed by atoms with Gasteiger partial charge in [-0.3, -0.25) is 18.6 Å². The SMILES string of the molecule is O=C(CSCSCCS(=O)CSCSCSC(=O)CSCSCC(=O)SCCO)SCCO. The first-order chi connectivity index (χ1) is 16.0. The zero-order valence-electron chi connectivity index (χ0n) is 18.0. The van der Waals surface area contributed by atoms with Crippen molar-refractivity contribution in [3.8, 4) is 0 Å². The zero-order chi connectivity index (χ0) is 24.6. The first kappa shape index (κ1) is 35.2. The first-order valence-corrected chi connectivity index (χ1v) is 20.9. The molecule has 194 valence electrons. The van der Waals surface area contributed by atoms with Gasteiger partial charge in [0.1, 0.15) is 0 Å². The number of thioether (sulfide) groups is 9. The number of carbonyl (C=O) groups excluding carboxylic acids is 3. The topological polar surface area (TPSA) is 109 Å². The van der Waals surface area contributed by atoms with Gasteiger partial charge < -0.3 is 10.2 Å². The standard InChI is InChI=1S/C17H30O6S10/c18-1-3-30-15(20)7-25-10-24-5-6-33(23)14-29-12-28-13-32-17(22)9-27-11-26-8-16(21)31-4-2-19/h18-19H,1-14H2. The van der Waals surface area contributed by atoms with Crippen molar-refractivity contribution in [2.24, 2.45) is 0 Å². The van der Waals surface area contributed by atoms with Crippen LogP contribution in [0.2, 0.25) is 0 Å². The highest BCUT2D eigenvalue weighted by molar-refractivity contribution is 8.29. The molecule has 6 nitrogen and oxygen atoms in total. The van der Waals surface area contributed by atoms with Gasteiger partial charge in [-0.2, -0.15) is 11.8 Å². The summed E-state index contributed by atoms with van der Waals surface area (Å²) in [5, 5.41) is 21.2. The van der Waals surface area contributed by atoms with Crippen LogP contribution in [0.4, 0.5) is 0 Å². The first-order valence-electron chi connectivity index (χ1n) is 9.49. The van der Waals surface area contributed by atoms with Crippen LogP contribution in [-0.4, -0.2) is 109 Å². The summed E-state index contributed by atoms with van der Waals surface area (Å²) in [5.74, 6) is 3.61. The van der Waals surface area contributed by atoms with Crippen molar-refractivity contribution in [1.29, 1.82) is 0 Å². The predicted octanol–water partition coefficient (Wildman–Crippen LogP) is 3.69. The van der Waals surface area contributed by atoms with Gasteiger partial charge in [-0.05, 0) is 0 Å². The van der Waals surface area contributed by atoms with Gasteiger partial charge in [0.05, 0.1) is 35.6 Å². The predicted molar refractivity (Wildman–Crippen MR) is 164 cm³/mol. The van der Waals surface area contributed by atoms with Gasteiger partial charge in [0.25, 0.3) is 0 Å². The quantitative estimate of drug-likeness (QED) is 0.124. The van der Waals surface area contributed by atoms with E-state index >= 15 is 0 Å². The number of hydrogen-bond donors (Lipinski definition) is 2. The number of carbonyl (C=O) groups is 3. The van der Waals surface area contributed by atoms with E-state index < -0.39 is 10.8 Å². The van der Waals surface area contributed by atoms with Crippen LogP contribution >= 0.6 is 106 Å². The molecule has 2 N–H and O–H groups in total. The Bertz CT molecular complexity index is 554. The molecule has 16 heteroatoms. The Morgan fingerprint density at radius 3 is 1.61 bits per heavy atom. The number of aliphatic hydroxyl groups is 2. The van der Waals surface area contributed by atoms with E-state index in [2.05, 4.69) is 0 Å². The molecule has 0 fully saturated rings. The molecule has 0 heterocycles. The lowest BCUT2D eigenvalue weighted by atomic mass is 10.9. The second kappa shape index (κ2) is 27.3. The smallest absolute Gasteiger partial charge is 0.199 e. The summed E-state index contributed by atoms with van der Waals surface area (Å²) in [6.07, 6.45) is 0. The van der Waals surface area contributed by atoms with Crippen molar-refractivity contribution < 1.29 is 28.8 Å². The van der Waals surface area contributed by atoms with Crippen LogP contribution < -0.4 is 0 Å². The molecule has 1 atom stereocenters. The van der Waals surface area contributed by atoms with Crippen LogP contribution in [0.25, 0.3) is 0 Å². The molecule has 0 aliphatic carbocycles. The second-order valence-electron chi connectivity index (χ2n) is 5.50. The van der Waals surface area contributed by atoms with Crippen molar-refractivity contribution >= 4 is 132 Å². The number of rotatable bonds is 23. The van der Waals surface area contributed by atoms with Crippen molar-refractivity contribution in [2.75, 3.05) is 78.9 Å². The third-order valence-corrected chi connectivity index (χ3v) is 15.2. The lowest BCUT2D eigenvalue weighted by molar-refractivity contribution is -0.109. The summed E-state index contributed by atoms with van der Waals surface area (Å²) in [4.78, 5) is 34.7. The van der Waals surface area contributed by atoms with Gasteiger partial charge in [-0.25, -0.2) is 0 Å². The fourth-order valence-electron chi connectivity index (χ4n) is 1.53. The number of hydrogen-bond acceptors (Lipinski definition) is 15. The maximum atomic E-state index is 12.0. The van der Waals surface area contributed by atoms with E-state index in [0.717, 1.165) is 39.4 Å². The minimum absolute atomic E-state index is 0.00685. The number of aliphatic hydroxyl groups excluding tert-OH is 2. The van der Waals surface area contributed by atoms with Gasteiger partial charge in [-0.15, -0.1) is 58.8 Å². The molecule has 1 unspecified atom stereocenters. The Morgan fingerprint density at radius 1 is 0.576 bits per heavy atom. The molecule has 33 heavy (non-hydrogen) atoms. The van der Waals surface area contributed by atoms with E-state index in [0.29, 0.717) is 49.8 Å². The molecule has 0 saturated heterocycles. The minimum atomic E-state index is -0.861. The average molecular weight is 651 g/mol. The van der Waals surface area contributed by atoms with E-state index in [1.54, 1.807) is 47.0 Å². The molecular formula is C17H30O6S10. The molecule has 0 aromatic heterocycles. The average Bonchev–Trinajstić information content (AvgIpc) is 2.80. The third-order valence-electron chi connectivity index (χ3n) is 2.84.